The second-order valence-electron chi connectivity index (χ2n) is 5.28. The highest BCUT2D eigenvalue weighted by Gasteiger charge is 2.21. The molecule has 2 aromatic rings. The first-order valence-corrected chi connectivity index (χ1v) is 7.12. The van der Waals surface area contributed by atoms with Gasteiger partial charge in [-0.1, -0.05) is 6.07 Å². The minimum absolute atomic E-state index is 0.145. The second kappa shape index (κ2) is 6.39. The zero-order chi connectivity index (χ0) is 15.5. The van der Waals surface area contributed by atoms with Gasteiger partial charge in [0, 0.05) is 12.6 Å². The monoisotopic (exact) mass is 311 g/mol. The number of halogens is 3. The highest BCUT2D eigenvalue weighted by Crippen LogP contribution is 2.28. The largest absolute Gasteiger partial charge is 0.432 e. The van der Waals surface area contributed by atoms with Gasteiger partial charge in [0.15, 0.2) is 11.6 Å². The van der Waals surface area contributed by atoms with Gasteiger partial charge in [-0.05, 0) is 42.5 Å². The number of fused-ring (bicyclic) bond motifs is 1. The second-order valence-corrected chi connectivity index (χ2v) is 5.28. The molecule has 0 unspecified atom stereocenters. The van der Waals surface area contributed by atoms with E-state index in [0.717, 1.165) is 25.0 Å². The van der Waals surface area contributed by atoms with Gasteiger partial charge in [-0.2, -0.15) is 13.9 Å². The molecule has 1 aromatic heterocycles. The summed E-state index contributed by atoms with van der Waals surface area (Å²) in [6, 6.07) is 4.15. The van der Waals surface area contributed by atoms with Gasteiger partial charge in [0.2, 0.25) is 0 Å². The fraction of sp³-hybridized carbons (Fsp3) is 0.400. The minimum atomic E-state index is -3.03. The Morgan fingerprint density at radius 1 is 1.41 bits per heavy atom. The number of nitrogens with zero attached hydrogens (tertiary/aromatic N) is 1. The molecular formula is C15H16F3N3O. The van der Waals surface area contributed by atoms with Crippen LogP contribution in [0.15, 0.2) is 24.4 Å². The van der Waals surface area contributed by atoms with Crippen LogP contribution in [0, 0.1) is 5.82 Å². The van der Waals surface area contributed by atoms with Crippen molar-refractivity contribution in [2.45, 2.75) is 38.5 Å². The van der Waals surface area contributed by atoms with Crippen LogP contribution in [-0.2, 0) is 13.0 Å². The lowest BCUT2D eigenvalue weighted by molar-refractivity contribution is -0.0522. The molecule has 0 aliphatic heterocycles. The maximum Gasteiger partial charge on any atom is 0.387 e. The molecule has 1 aliphatic rings. The van der Waals surface area contributed by atoms with Gasteiger partial charge in [-0.25, -0.2) is 4.39 Å². The van der Waals surface area contributed by atoms with E-state index in [0.29, 0.717) is 12.1 Å². The fourth-order valence-corrected chi connectivity index (χ4v) is 2.75. The Balaban J connectivity index is 1.64. The van der Waals surface area contributed by atoms with Gasteiger partial charge in [0.1, 0.15) is 0 Å². The van der Waals surface area contributed by atoms with Crippen molar-refractivity contribution in [3.05, 3.63) is 47.0 Å². The fourth-order valence-electron chi connectivity index (χ4n) is 2.75. The summed E-state index contributed by atoms with van der Waals surface area (Å²) in [5, 5.41) is 10.4. The van der Waals surface area contributed by atoms with Gasteiger partial charge in [0.05, 0.1) is 11.9 Å². The normalized spacial score (nSPS) is 17.5. The molecule has 0 spiro atoms. The third-order valence-corrected chi connectivity index (χ3v) is 3.80. The van der Waals surface area contributed by atoms with E-state index in [9.17, 15) is 13.2 Å². The molecule has 1 heterocycles. The number of aromatic amines is 1. The molecule has 22 heavy (non-hydrogen) atoms. The molecule has 0 saturated carbocycles. The number of hydrogen-bond donors (Lipinski definition) is 2. The van der Waals surface area contributed by atoms with Crippen LogP contribution < -0.4 is 10.1 Å². The summed E-state index contributed by atoms with van der Waals surface area (Å²) in [4.78, 5) is 0. The van der Waals surface area contributed by atoms with E-state index < -0.39 is 18.2 Å². The lowest BCUT2D eigenvalue weighted by Crippen LogP contribution is -2.24. The summed E-state index contributed by atoms with van der Waals surface area (Å²) >= 11 is 0. The van der Waals surface area contributed by atoms with Crippen molar-refractivity contribution in [1.82, 2.24) is 15.5 Å². The van der Waals surface area contributed by atoms with E-state index >= 15 is 0 Å². The maximum absolute atomic E-state index is 13.7. The molecule has 1 aromatic carbocycles. The number of aromatic nitrogens is 2. The van der Waals surface area contributed by atoms with Crippen LogP contribution >= 0.6 is 0 Å². The van der Waals surface area contributed by atoms with Gasteiger partial charge < -0.3 is 10.1 Å². The van der Waals surface area contributed by atoms with E-state index in [1.54, 1.807) is 6.07 Å². The van der Waals surface area contributed by atoms with Crippen molar-refractivity contribution in [2.75, 3.05) is 0 Å². The first-order valence-electron chi connectivity index (χ1n) is 7.12. The summed E-state index contributed by atoms with van der Waals surface area (Å²) in [6.45, 7) is -2.59. The number of benzene rings is 1. The molecule has 1 aliphatic carbocycles. The Hall–Kier alpha value is -2.02. The number of ether oxygens (including phenoxy) is 1. The van der Waals surface area contributed by atoms with Crippen LogP contribution in [0.4, 0.5) is 13.2 Å². The highest BCUT2D eigenvalue weighted by molar-refractivity contribution is 5.30. The van der Waals surface area contributed by atoms with E-state index in [-0.39, 0.29) is 6.04 Å². The standard InChI is InChI=1S/C15H16F3N3O/c16-11-6-9(4-5-13(11)22-15(17)18)7-19-12-3-1-2-10-8-20-21-14(10)12/h4-6,8,12,15,19H,1-3,7H2,(H,20,21)/t12-/m0/s1. The van der Waals surface area contributed by atoms with E-state index in [2.05, 4.69) is 20.3 Å². The maximum atomic E-state index is 13.7. The molecule has 0 saturated heterocycles. The molecular weight excluding hydrogens is 295 g/mol. The van der Waals surface area contributed by atoms with Crippen molar-refractivity contribution in [1.29, 1.82) is 0 Å². The molecule has 2 N–H and O–H groups in total. The summed E-state index contributed by atoms with van der Waals surface area (Å²) in [5.74, 6) is -1.22. The number of aryl methyl sites for hydroxylation is 1. The van der Waals surface area contributed by atoms with Gasteiger partial charge >= 0.3 is 6.61 Å². The topological polar surface area (TPSA) is 49.9 Å². The molecule has 0 bridgehead atoms. The molecule has 0 amide bonds. The number of alkyl halides is 2. The quantitative estimate of drug-likeness (QED) is 0.890. The molecule has 0 fully saturated rings. The van der Waals surface area contributed by atoms with Crippen LogP contribution in [0.2, 0.25) is 0 Å². The average Bonchev–Trinajstić information content (AvgIpc) is 2.96. The third kappa shape index (κ3) is 3.24. The predicted octanol–water partition coefficient (Wildman–Crippen LogP) is 3.32. The first kappa shape index (κ1) is 14.9. The van der Waals surface area contributed by atoms with Crippen molar-refractivity contribution in [3.8, 4) is 5.75 Å². The van der Waals surface area contributed by atoms with Gasteiger partial charge in [0.25, 0.3) is 0 Å². The van der Waals surface area contributed by atoms with Crippen LogP contribution in [0.3, 0.4) is 0 Å². The number of rotatable bonds is 5. The summed E-state index contributed by atoms with van der Waals surface area (Å²) < 4.78 is 41.9. The Morgan fingerprint density at radius 3 is 3.05 bits per heavy atom. The molecule has 7 heteroatoms. The van der Waals surface area contributed by atoms with Crippen LogP contribution in [0.25, 0.3) is 0 Å². The SMILES string of the molecule is Fc1cc(CN[C@H]2CCCc3cn[nH]c32)ccc1OC(F)F. The van der Waals surface area contributed by atoms with E-state index in [4.69, 9.17) is 0 Å². The highest BCUT2D eigenvalue weighted by atomic mass is 19.3. The predicted molar refractivity (Wildman–Crippen MR) is 74.1 cm³/mol. The van der Waals surface area contributed by atoms with Crippen molar-refractivity contribution in [2.24, 2.45) is 0 Å². The van der Waals surface area contributed by atoms with Gasteiger partial charge in [-0.15, -0.1) is 0 Å². The first-order chi connectivity index (χ1) is 10.6. The van der Waals surface area contributed by atoms with Crippen molar-refractivity contribution in [3.63, 3.8) is 0 Å². The third-order valence-electron chi connectivity index (χ3n) is 3.80. The Labute approximate surface area is 125 Å². The van der Waals surface area contributed by atoms with Crippen molar-refractivity contribution >= 4 is 0 Å². The number of H-pyrrole nitrogens is 1. The zero-order valence-electron chi connectivity index (χ0n) is 11.8. The summed E-state index contributed by atoms with van der Waals surface area (Å²) in [7, 11) is 0. The molecule has 0 radical (unpaired) electrons. The number of nitrogens with one attached hydrogen (secondary N) is 2. The molecule has 118 valence electrons. The summed E-state index contributed by atoms with van der Waals surface area (Å²) in [6.07, 6.45) is 4.89. The van der Waals surface area contributed by atoms with E-state index in [1.807, 2.05) is 6.20 Å². The Bertz CT molecular complexity index is 645. The Morgan fingerprint density at radius 2 is 2.27 bits per heavy atom. The van der Waals surface area contributed by atoms with E-state index in [1.165, 1.54) is 17.7 Å². The molecule has 1 atom stereocenters. The lowest BCUT2D eigenvalue weighted by Gasteiger charge is -2.23. The van der Waals surface area contributed by atoms with Crippen LogP contribution in [-0.4, -0.2) is 16.8 Å². The summed E-state index contributed by atoms with van der Waals surface area (Å²) in [5.41, 5.74) is 2.95. The number of hydrogen-bond acceptors (Lipinski definition) is 3. The smallest absolute Gasteiger partial charge is 0.387 e. The van der Waals surface area contributed by atoms with Crippen LogP contribution in [0.5, 0.6) is 5.75 Å². The molecule has 3 rings (SSSR count). The minimum Gasteiger partial charge on any atom is -0.432 e. The molecule has 4 nitrogen and oxygen atoms in total. The van der Waals surface area contributed by atoms with Crippen LogP contribution in [0.1, 0.15) is 35.7 Å². The Kier molecular flexibility index (Phi) is 4.33. The van der Waals surface area contributed by atoms with Gasteiger partial charge in [-0.3, -0.25) is 5.10 Å². The zero-order valence-corrected chi connectivity index (χ0v) is 11.8. The average molecular weight is 311 g/mol. The van der Waals surface area contributed by atoms with Crippen molar-refractivity contribution < 1.29 is 17.9 Å². The lowest BCUT2D eigenvalue weighted by atomic mass is 9.93.